The quantitative estimate of drug-likeness (QED) is 0.310. The summed E-state index contributed by atoms with van der Waals surface area (Å²) in [6.07, 6.45) is 2.88. The molecule has 0 aliphatic heterocycles. The molecule has 1 unspecified atom stereocenters. The molecule has 3 aromatic rings. The van der Waals surface area contributed by atoms with E-state index in [1.54, 1.807) is 25.3 Å². The molecule has 5 nitrogen and oxygen atoms in total. The Morgan fingerprint density at radius 2 is 1.87 bits per heavy atom. The van der Waals surface area contributed by atoms with E-state index in [1.165, 1.54) is 16.7 Å². The van der Waals surface area contributed by atoms with Crippen LogP contribution in [0.5, 0.6) is 17.2 Å². The monoisotopic (exact) mass is 520 g/mol. The van der Waals surface area contributed by atoms with Crippen LogP contribution in [-0.2, 0) is 19.4 Å². The largest absolute Gasteiger partial charge is 0.508 e. The molecular weight excluding hydrogens is 479 g/mol. The van der Waals surface area contributed by atoms with Crippen LogP contribution >= 0.6 is 0 Å². The Bertz CT molecular complexity index is 1230. The number of methoxy groups -OCH3 is 1. The Labute approximate surface area is 226 Å². The van der Waals surface area contributed by atoms with E-state index < -0.39 is 0 Å². The van der Waals surface area contributed by atoms with Crippen LogP contribution in [0.15, 0.2) is 54.6 Å². The maximum absolute atomic E-state index is 15.0. The highest BCUT2D eigenvalue weighted by atomic mass is 19.1. The molecule has 1 aliphatic rings. The van der Waals surface area contributed by atoms with Crippen molar-refractivity contribution >= 4 is 5.69 Å². The van der Waals surface area contributed by atoms with Crippen LogP contribution in [0, 0.1) is 5.82 Å². The number of rotatable bonds is 11. The van der Waals surface area contributed by atoms with Crippen molar-refractivity contribution in [3.8, 4) is 17.2 Å². The van der Waals surface area contributed by atoms with Crippen LogP contribution in [0.3, 0.4) is 0 Å². The van der Waals surface area contributed by atoms with Gasteiger partial charge in [0, 0.05) is 37.4 Å². The van der Waals surface area contributed by atoms with Gasteiger partial charge in [0.1, 0.15) is 18.1 Å². The summed E-state index contributed by atoms with van der Waals surface area (Å²) in [6.45, 7) is 8.93. The van der Waals surface area contributed by atoms with Gasteiger partial charge in [0.15, 0.2) is 11.6 Å². The third-order valence-electron chi connectivity index (χ3n) is 7.77. The van der Waals surface area contributed by atoms with Crippen molar-refractivity contribution < 1.29 is 19.0 Å². The summed E-state index contributed by atoms with van der Waals surface area (Å²) in [4.78, 5) is 4.46. The molecule has 38 heavy (non-hydrogen) atoms. The molecule has 204 valence electrons. The highest BCUT2D eigenvalue weighted by molar-refractivity contribution is 5.60. The molecule has 1 atom stereocenters. The standard InChI is InChI=1S/C32H41FN2O3/c1-6-35(21-23-7-14-32(30(33)17-23)38-16-15-34(4)22(2)3)31-20-28(37-5)12-13-29(31)26-9-8-25-19-27(36)11-10-24(25)18-26/h7,10-14,17,19-20,22,26,36H,6,8-9,15-16,18,21H2,1-5H3. The molecular formula is C32H41FN2O3. The van der Waals surface area contributed by atoms with Gasteiger partial charge >= 0.3 is 0 Å². The average Bonchev–Trinajstić information content (AvgIpc) is 2.92. The van der Waals surface area contributed by atoms with Crippen LogP contribution in [0.1, 0.15) is 55.4 Å². The van der Waals surface area contributed by atoms with E-state index in [-0.39, 0.29) is 5.82 Å². The molecule has 6 heteroatoms. The lowest BCUT2D eigenvalue weighted by Crippen LogP contribution is -2.30. The molecule has 4 rings (SSSR count). The van der Waals surface area contributed by atoms with Gasteiger partial charge in [-0.05, 0) is 106 Å². The van der Waals surface area contributed by atoms with Gasteiger partial charge in [0.2, 0.25) is 0 Å². The summed E-state index contributed by atoms with van der Waals surface area (Å²) in [6, 6.07) is 17.7. The molecule has 0 bridgehead atoms. The zero-order chi connectivity index (χ0) is 27.2. The maximum atomic E-state index is 15.0. The SMILES string of the molecule is CCN(Cc1ccc(OCCN(C)C(C)C)c(F)c1)c1cc(OC)ccc1C1CCc2cc(O)ccc2C1. The van der Waals surface area contributed by atoms with Crippen LogP contribution in [0.25, 0.3) is 0 Å². The van der Waals surface area contributed by atoms with Crippen LogP contribution in [-0.4, -0.2) is 49.9 Å². The summed E-state index contributed by atoms with van der Waals surface area (Å²) in [5.41, 5.74) is 5.82. The van der Waals surface area contributed by atoms with E-state index in [1.807, 2.05) is 31.3 Å². The molecule has 1 aliphatic carbocycles. The molecule has 0 radical (unpaired) electrons. The number of benzene rings is 3. The zero-order valence-electron chi connectivity index (χ0n) is 23.3. The second-order valence-electron chi connectivity index (χ2n) is 10.5. The van der Waals surface area contributed by atoms with Crippen LogP contribution < -0.4 is 14.4 Å². The van der Waals surface area contributed by atoms with Gasteiger partial charge in [-0.1, -0.05) is 18.2 Å². The van der Waals surface area contributed by atoms with E-state index in [9.17, 15) is 9.50 Å². The minimum atomic E-state index is -0.330. The Kier molecular flexibility index (Phi) is 9.16. The van der Waals surface area contributed by atoms with Gasteiger partial charge in [0.05, 0.1) is 7.11 Å². The fourth-order valence-electron chi connectivity index (χ4n) is 5.18. The number of phenols is 1. The first-order valence-electron chi connectivity index (χ1n) is 13.6. The fourth-order valence-corrected chi connectivity index (χ4v) is 5.18. The van der Waals surface area contributed by atoms with E-state index in [0.717, 1.165) is 49.4 Å². The number of hydrogen-bond acceptors (Lipinski definition) is 5. The number of aryl methyl sites for hydroxylation is 1. The minimum absolute atomic E-state index is 0.294. The molecule has 0 saturated carbocycles. The van der Waals surface area contributed by atoms with E-state index in [0.29, 0.717) is 36.6 Å². The highest BCUT2D eigenvalue weighted by Crippen LogP contribution is 2.40. The summed E-state index contributed by atoms with van der Waals surface area (Å²) in [7, 11) is 3.72. The summed E-state index contributed by atoms with van der Waals surface area (Å²) in [5.74, 6) is 1.46. The van der Waals surface area contributed by atoms with Crippen molar-refractivity contribution in [3.63, 3.8) is 0 Å². The predicted molar refractivity (Wildman–Crippen MR) is 152 cm³/mol. The zero-order valence-corrected chi connectivity index (χ0v) is 23.3. The third kappa shape index (κ3) is 6.60. The van der Waals surface area contributed by atoms with E-state index in [4.69, 9.17) is 9.47 Å². The number of hydrogen-bond donors (Lipinski definition) is 1. The topological polar surface area (TPSA) is 45.2 Å². The number of fused-ring (bicyclic) bond motifs is 1. The number of anilines is 1. The van der Waals surface area contributed by atoms with Gasteiger partial charge in [-0.15, -0.1) is 0 Å². The van der Waals surface area contributed by atoms with Crippen molar-refractivity contribution in [1.82, 2.24) is 4.90 Å². The molecule has 0 saturated heterocycles. The first kappa shape index (κ1) is 27.8. The fraction of sp³-hybridized carbons (Fsp3) is 0.438. The molecule has 3 aromatic carbocycles. The molecule has 0 spiro atoms. The van der Waals surface area contributed by atoms with E-state index >= 15 is 0 Å². The lowest BCUT2D eigenvalue weighted by Gasteiger charge is -2.32. The smallest absolute Gasteiger partial charge is 0.165 e. The molecule has 0 fully saturated rings. The minimum Gasteiger partial charge on any atom is -0.508 e. The van der Waals surface area contributed by atoms with Crippen molar-refractivity contribution in [2.24, 2.45) is 0 Å². The normalized spacial score (nSPS) is 15.0. The van der Waals surface area contributed by atoms with Gasteiger partial charge in [-0.25, -0.2) is 4.39 Å². The first-order chi connectivity index (χ1) is 18.3. The Morgan fingerprint density at radius 1 is 1.05 bits per heavy atom. The van der Waals surface area contributed by atoms with Gasteiger partial charge in [-0.2, -0.15) is 0 Å². The average molecular weight is 521 g/mol. The Morgan fingerprint density at radius 3 is 2.58 bits per heavy atom. The van der Waals surface area contributed by atoms with Crippen LogP contribution in [0.4, 0.5) is 10.1 Å². The number of aromatic hydroxyl groups is 1. The van der Waals surface area contributed by atoms with Crippen molar-refractivity contribution in [2.75, 3.05) is 38.8 Å². The Balaban J connectivity index is 1.53. The number of halogens is 1. The lowest BCUT2D eigenvalue weighted by atomic mass is 9.79. The molecule has 0 aromatic heterocycles. The van der Waals surface area contributed by atoms with Crippen molar-refractivity contribution in [1.29, 1.82) is 0 Å². The molecule has 1 N–H and O–H groups in total. The van der Waals surface area contributed by atoms with Gasteiger partial charge in [-0.3, -0.25) is 0 Å². The summed E-state index contributed by atoms with van der Waals surface area (Å²) < 4.78 is 26.3. The molecule has 0 heterocycles. The first-order valence-corrected chi connectivity index (χ1v) is 13.6. The summed E-state index contributed by atoms with van der Waals surface area (Å²) in [5, 5.41) is 9.88. The van der Waals surface area contributed by atoms with Crippen molar-refractivity contribution in [3.05, 3.63) is 82.7 Å². The van der Waals surface area contributed by atoms with Gasteiger partial charge < -0.3 is 24.4 Å². The second kappa shape index (κ2) is 12.5. The number of ether oxygens (including phenoxy) is 2. The number of nitrogens with zero attached hydrogens (tertiary/aromatic N) is 2. The Hall–Kier alpha value is -3.25. The third-order valence-corrected chi connectivity index (χ3v) is 7.77. The predicted octanol–water partition coefficient (Wildman–Crippen LogP) is 6.56. The number of likely N-dealkylation sites (N-methyl/N-ethyl adjacent to an activating group) is 1. The van der Waals surface area contributed by atoms with Crippen molar-refractivity contribution in [2.45, 2.75) is 58.5 Å². The second-order valence-corrected chi connectivity index (χ2v) is 10.5. The molecule has 0 amide bonds. The van der Waals surface area contributed by atoms with Crippen LogP contribution in [0.2, 0.25) is 0 Å². The summed E-state index contributed by atoms with van der Waals surface area (Å²) >= 11 is 0. The highest BCUT2D eigenvalue weighted by Gasteiger charge is 2.25. The lowest BCUT2D eigenvalue weighted by molar-refractivity contribution is 0.204. The van der Waals surface area contributed by atoms with Gasteiger partial charge in [0.25, 0.3) is 0 Å². The maximum Gasteiger partial charge on any atom is 0.165 e. The number of phenolic OH excluding ortho intramolecular Hbond substituents is 1. The van der Waals surface area contributed by atoms with E-state index in [2.05, 4.69) is 42.7 Å².